The summed E-state index contributed by atoms with van der Waals surface area (Å²) in [5, 5.41) is 0.579. The van der Waals surface area contributed by atoms with E-state index in [4.69, 9.17) is 26.1 Å². The van der Waals surface area contributed by atoms with Crippen LogP contribution in [-0.2, 0) is 9.47 Å². The van der Waals surface area contributed by atoms with E-state index in [1.165, 1.54) is 0 Å². The van der Waals surface area contributed by atoms with Crippen LogP contribution in [0.25, 0.3) is 0 Å². The second-order valence-corrected chi connectivity index (χ2v) is 7.13. The maximum atomic E-state index is 12.4. The quantitative estimate of drug-likeness (QED) is 0.707. The number of anilines is 3. The van der Waals surface area contributed by atoms with Crippen molar-refractivity contribution in [3.8, 4) is 0 Å². The third kappa shape index (κ3) is 5.06. The molecule has 2 saturated heterocycles. The van der Waals surface area contributed by atoms with Gasteiger partial charge in [0.05, 0.1) is 26.4 Å². The maximum Gasteiger partial charge on any atom is 0.269 e. The Labute approximate surface area is 173 Å². The van der Waals surface area contributed by atoms with Gasteiger partial charge in [-0.05, 0) is 24.3 Å². The molecule has 1 amide bonds. The van der Waals surface area contributed by atoms with Gasteiger partial charge in [-0.3, -0.25) is 15.6 Å². The number of rotatable bonds is 5. The molecule has 9 nitrogen and oxygen atoms in total. The minimum absolute atomic E-state index is 0.277. The normalized spacial score (nSPS) is 17.1. The number of aromatic nitrogens is 2. The summed E-state index contributed by atoms with van der Waals surface area (Å²) in [5.74, 6) is 1.65. The lowest BCUT2D eigenvalue weighted by atomic mass is 10.2. The van der Waals surface area contributed by atoms with Crippen LogP contribution >= 0.6 is 11.6 Å². The largest absolute Gasteiger partial charge is 0.378 e. The Balaban J connectivity index is 1.52. The fraction of sp³-hybridized carbons (Fsp3) is 0.421. The Kier molecular flexibility index (Phi) is 6.28. The molecular weight excluding hydrogens is 396 g/mol. The second-order valence-electron chi connectivity index (χ2n) is 6.70. The molecule has 1 aromatic heterocycles. The van der Waals surface area contributed by atoms with E-state index in [1.54, 1.807) is 24.3 Å². The first-order valence-electron chi connectivity index (χ1n) is 9.55. The van der Waals surface area contributed by atoms with Crippen LogP contribution in [0.4, 0.5) is 17.6 Å². The number of hydrazine groups is 1. The van der Waals surface area contributed by atoms with Crippen molar-refractivity contribution < 1.29 is 14.3 Å². The van der Waals surface area contributed by atoms with Crippen LogP contribution in [0.1, 0.15) is 10.4 Å². The van der Waals surface area contributed by atoms with E-state index in [1.807, 2.05) is 6.07 Å². The Hall–Kier alpha value is -2.62. The zero-order chi connectivity index (χ0) is 20.1. The number of carbonyl (C=O) groups excluding carboxylic acids is 1. The van der Waals surface area contributed by atoms with E-state index in [2.05, 4.69) is 25.6 Å². The van der Waals surface area contributed by atoms with Gasteiger partial charge in [-0.25, -0.2) is 0 Å². The molecule has 2 aromatic rings. The molecule has 3 heterocycles. The highest BCUT2D eigenvalue weighted by molar-refractivity contribution is 6.30. The minimum Gasteiger partial charge on any atom is -0.378 e. The van der Waals surface area contributed by atoms with Crippen LogP contribution in [0.3, 0.4) is 0 Å². The smallest absolute Gasteiger partial charge is 0.269 e. The molecule has 2 N–H and O–H groups in total. The molecular formula is C19H23ClN6O3. The number of hydrogen-bond acceptors (Lipinski definition) is 8. The average molecular weight is 419 g/mol. The van der Waals surface area contributed by atoms with Crippen molar-refractivity contribution in [2.45, 2.75) is 0 Å². The predicted octanol–water partition coefficient (Wildman–Crippen LogP) is 1.56. The lowest BCUT2D eigenvalue weighted by Crippen LogP contribution is -2.40. The van der Waals surface area contributed by atoms with Gasteiger partial charge >= 0.3 is 0 Å². The molecule has 0 saturated carbocycles. The van der Waals surface area contributed by atoms with Gasteiger partial charge in [-0.1, -0.05) is 11.6 Å². The molecule has 2 aliphatic heterocycles. The number of hydrogen-bond donors (Lipinski definition) is 2. The summed E-state index contributed by atoms with van der Waals surface area (Å²) >= 11 is 5.88. The molecule has 2 fully saturated rings. The fourth-order valence-electron chi connectivity index (χ4n) is 3.14. The summed E-state index contributed by atoms with van der Waals surface area (Å²) in [6.45, 7) is 5.57. The van der Waals surface area contributed by atoms with Crippen LogP contribution in [0.15, 0.2) is 30.3 Å². The number of amides is 1. The zero-order valence-corrected chi connectivity index (χ0v) is 16.7. The molecule has 4 rings (SSSR count). The number of nitrogens with one attached hydrogen (secondary N) is 2. The molecule has 10 heteroatoms. The molecule has 0 bridgehead atoms. The van der Waals surface area contributed by atoms with E-state index in [-0.39, 0.29) is 5.91 Å². The third-order valence-corrected chi connectivity index (χ3v) is 4.99. The molecule has 154 valence electrons. The summed E-state index contributed by atoms with van der Waals surface area (Å²) < 4.78 is 10.9. The van der Waals surface area contributed by atoms with Gasteiger partial charge in [0.1, 0.15) is 5.82 Å². The Morgan fingerprint density at radius 1 is 0.931 bits per heavy atom. The van der Waals surface area contributed by atoms with Crippen LogP contribution < -0.4 is 20.7 Å². The number of halogens is 1. The van der Waals surface area contributed by atoms with Crippen LogP contribution in [0, 0.1) is 0 Å². The first kappa shape index (κ1) is 19.7. The summed E-state index contributed by atoms with van der Waals surface area (Å²) in [6, 6.07) is 8.51. The summed E-state index contributed by atoms with van der Waals surface area (Å²) in [6.07, 6.45) is 0. The maximum absolute atomic E-state index is 12.4. The molecule has 0 spiro atoms. The first-order valence-corrected chi connectivity index (χ1v) is 9.93. The summed E-state index contributed by atoms with van der Waals surface area (Å²) in [4.78, 5) is 25.9. The van der Waals surface area contributed by atoms with E-state index in [9.17, 15) is 4.79 Å². The van der Waals surface area contributed by atoms with E-state index < -0.39 is 0 Å². The molecule has 0 aliphatic carbocycles. The van der Waals surface area contributed by atoms with Gasteiger partial charge < -0.3 is 19.3 Å². The molecule has 1 aromatic carbocycles. The van der Waals surface area contributed by atoms with Crippen molar-refractivity contribution >= 4 is 35.1 Å². The van der Waals surface area contributed by atoms with Gasteiger partial charge in [0.25, 0.3) is 5.91 Å². The van der Waals surface area contributed by atoms with E-state index >= 15 is 0 Å². The summed E-state index contributed by atoms with van der Waals surface area (Å²) in [5.41, 5.74) is 6.10. The number of benzene rings is 1. The number of ether oxygens (including phenoxy) is 2. The topological polar surface area (TPSA) is 91.9 Å². The standard InChI is InChI=1S/C19H23ClN6O3/c20-15-3-1-14(2-4-15)18(27)24-23-16-13-17(25-5-9-28-10-6-25)22-19(21-16)26-7-11-29-12-8-26/h1-4,13H,5-12H2,(H,24,27)(H,21,22,23). The number of nitrogens with zero attached hydrogens (tertiary/aromatic N) is 4. The van der Waals surface area contributed by atoms with Crippen molar-refractivity contribution in [1.82, 2.24) is 15.4 Å². The molecule has 2 aliphatic rings. The van der Waals surface area contributed by atoms with Gasteiger partial charge in [-0.2, -0.15) is 9.97 Å². The molecule has 29 heavy (non-hydrogen) atoms. The molecule has 0 radical (unpaired) electrons. The molecule has 0 atom stereocenters. The predicted molar refractivity (Wildman–Crippen MR) is 111 cm³/mol. The number of carbonyl (C=O) groups is 1. The van der Waals surface area contributed by atoms with Crippen LogP contribution in [0.5, 0.6) is 0 Å². The first-order chi connectivity index (χ1) is 14.2. The van der Waals surface area contributed by atoms with E-state index in [0.717, 1.165) is 32.0 Å². The van der Waals surface area contributed by atoms with Crippen molar-refractivity contribution in [2.75, 3.05) is 67.8 Å². The average Bonchev–Trinajstić information content (AvgIpc) is 2.79. The highest BCUT2D eigenvalue weighted by Crippen LogP contribution is 2.22. The Morgan fingerprint density at radius 3 is 2.21 bits per heavy atom. The highest BCUT2D eigenvalue weighted by atomic mass is 35.5. The van der Waals surface area contributed by atoms with Gasteiger partial charge in [0.15, 0.2) is 5.82 Å². The Bertz CT molecular complexity index is 802. The van der Waals surface area contributed by atoms with Gasteiger partial charge in [0.2, 0.25) is 5.95 Å². The van der Waals surface area contributed by atoms with Gasteiger partial charge in [-0.15, -0.1) is 0 Å². The zero-order valence-electron chi connectivity index (χ0n) is 15.9. The number of morpholine rings is 2. The van der Waals surface area contributed by atoms with Gasteiger partial charge in [0, 0.05) is 42.8 Å². The SMILES string of the molecule is O=C(NNc1cc(N2CCOCC2)nc(N2CCOCC2)n1)c1ccc(Cl)cc1. The van der Waals surface area contributed by atoms with Crippen molar-refractivity contribution in [1.29, 1.82) is 0 Å². The van der Waals surface area contributed by atoms with Crippen molar-refractivity contribution in [2.24, 2.45) is 0 Å². The highest BCUT2D eigenvalue weighted by Gasteiger charge is 2.19. The lowest BCUT2D eigenvalue weighted by Gasteiger charge is -2.31. The third-order valence-electron chi connectivity index (χ3n) is 4.74. The summed E-state index contributed by atoms with van der Waals surface area (Å²) in [7, 11) is 0. The monoisotopic (exact) mass is 418 g/mol. The second kappa shape index (κ2) is 9.25. The van der Waals surface area contributed by atoms with Crippen LogP contribution in [-0.4, -0.2) is 68.5 Å². The van der Waals surface area contributed by atoms with E-state index in [0.29, 0.717) is 48.8 Å². The van der Waals surface area contributed by atoms with Crippen LogP contribution in [0.2, 0.25) is 5.02 Å². The van der Waals surface area contributed by atoms with Crippen molar-refractivity contribution in [3.63, 3.8) is 0 Å². The lowest BCUT2D eigenvalue weighted by molar-refractivity contribution is 0.0962. The molecule has 0 unspecified atom stereocenters. The van der Waals surface area contributed by atoms with Crippen molar-refractivity contribution in [3.05, 3.63) is 40.9 Å². The fourth-order valence-corrected chi connectivity index (χ4v) is 3.27. The minimum atomic E-state index is -0.277. The Morgan fingerprint density at radius 2 is 1.55 bits per heavy atom.